The molecule has 0 radical (unpaired) electrons. The zero-order valence-corrected chi connectivity index (χ0v) is 27.9. The normalized spacial score (nSPS) is 16.0. The first kappa shape index (κ1) is 32.3. The van der Waals surface area contributed by atoms with Gasteiger partial charge in [-0.15, -0.1) is 21.5 Å². The van der Waals surface area contributed by atoms with Crippen LogP contribution in [0.5, 0.6) is 5.75 Å². The van der Waals surface area contributed by atoms with E-state index in [-0.39, 0.29) is 42.6 Å². The summed E-state index contributed by atoms with van der Waals surface area (Å²) >= 11 is 7.85. The Labute approximate surface area is 280 Å². The van der Waals surface area contributed by atoms with Gasteiger partial charge in [0.1, 0.15) is 28.4 Å². The largest absolute Gasteiger partial charge is 0.497 e. The Balaban J connectivity index is 1.17. The lowest BCUT2D eigenvalue weighted by Crippen LogP contribution is -2.50. The van der Waals surface area contributed by atoms with Gasteiger partial charge in [0.05, 0.1) is 24.8 Å². The van der Waals surface area contributed by atoms with Crippen LogP contribution < -0.4 is 4.74 Å². The molecule has 4 aromatic rings. The predicted molar refractivity (Wildman–Crippen MR) is 177 cm³/mol. The summed E-state index contributed by atoms with van der Waals surface area (Å²) in [5.74, 6) is -0.269. The van der Waals surface area contributed by atoms with Crippen LogP contribution in [0.15, 0.2) is 59.6 Å². The number of ketones is 1. The van der Waals surface area contributed by atoms with Crippen molar-refractivity contribution in [2.75, 3.05) is 33.3 Å². The van der Waals surface area contributed by atoms with Gasteiger partial charge in [0.15, 0.2) is 11.6 Å². The first-order valence-electron chi connectivity index (χ1n) is 15.0. The molecular weight excluding hydrogens is 643 g/mol. The molecule has 2 aromatic heterocycles. The maximum atomic E-state index is 14.3. The van der Waals surface area contributed by atoms with Crippen molar-refractivity contribution in [2.45, 2.75) is 33.2 Å². The van der Waals surface area contributed by atoms with Crippen molar-refractivity contribution in [2.24, 2.45) is 4.99 Å². The molecule has 0 saturated carbocycles. The highest BCUT2D eigenvalue weighted by Gasteiger charge is 2.34. The van der Waals surface area contributed by atoms with E-state index >= 15 is 0 Å². The SMILES string of the molecule is COc1ccc(C(=O)/C=C/C(=O)N2CCN(C(=O)C[C@@H]3N=C(c4ccc(Cl)cc4)c4c(sc(C)c4C)-n4c(C)nnc43)CC2)c(F)c1. The molecule has 0 N–H and O–H groups in total. The summed E-state index contributed by atoms with van der Waals surface area (Å²) in [7, 11) is 1.40. The van der Waals surface area contributed by atoms with E-state index in [0.717, 1.165) is 50.5 Å². The lowest BCUT2D eigenvalue weighted by molar-refractivity contribution is -0.137. The zero-order chi connectivity index (χ0) is 33.4. The molecule has 10 nitrogen and oxygen atoms in total. The molecule has 6 rings (SSSR count). The fraction of sp³-hybridized carbons (Fsp3) is 0.294. The van der Waals surface area contributed by atoms with Gasteiger partial charge in [-0.3, -0.25) is 23.9 Å². The topological polar surface area (TPSA) is 110 Å². The number of benzene rings is 2. The summed E-state index contributed by atoms with van der Waals surface area (Å²) in [6.45, 7) is 7.25. The van der Waals surface area contributed by atoms with E-state index in [0.29, 0.717) is 29.8 Å². The fourth-order valence-electron chi connectivity index (χ4n) is 5.77. The minimum absolute atomic E-state index is 0.0674. The smallest absolute Gasteiger partial charge is 0.246 e. The van der Waals surface area contributed by atoms with Crippen LogP contribution >= 0.6 is 22.9 Å². The van der Waals surface area contributed by atoms with E-state index in [1.165, 1.54) is 19.2 Å². The first-order valence-corrected chi connectivity index (χ1v) is 16.2. The third-order valence-electron chi connectivity index (χ3n) is 8.49. The number of carbonyl (C=O) groups is 3. The van der Waals surface area contributed by atoms with Gasteiger partial charge in [0.25, 0.3) is 0 Å². The number of rotatable bonds is 7. The molecule has 2 amide bonds. The van der Waals surface area contributed by atoms with Crippen LogP contribution in [-0.2, 0) is 9.59 Å². The Morgan fingerprint density at radius 3 is 2.38 bits per heavy atom. The third kappa shape index (κ3) is 6.35. The monoisotopic (exact) mass is 674 g/mol. The molecule has 1 fully saturated rings. The van der Waals surface area contributed by atoms with Gasteiger partial charge in [0.2, 0.25) is 11.8 Å². The standard InChI is InChI=1S/C34H32ClFN6O4S/c1-19-20(2)47-34-31(19)32(22-5-7-23(35)8-6-22)37-27(33-39-38-21(3)42(33)34)18-30(45)41-15-13-40(14-16-41)29(44)12-11-28(43)25-10-9-24(46-4)17-26(25)36/h5-12,17,27H,13-16,18H2,1-4H3/b12-11+/t27-/m0/s1. The summed E-state index contributed by atoms with van der Waals surface area (Å²) in [5, 5.41) is 10.4. The molecule has 2 aromatic carbocycles. The number of aromatic nitrogens is 3. The number of piperazine rings is 1. The number of hydrogen-bond acceptors (Lipinski definition) is 8. The van der Waals surface area contributed by atoms with Crippen molar-refractivity contribution >= 4 is 46.2 Å². The van der Waals surface area contributed by atoms with E-state index in [2.05, 4.69) is 24.0 Å². The van der Waals surface area contributed by atoms with Crippen LogP contribution in [0.2, 0.25) is 5.02 Å². The molecule has 242 valence electrons. The van der Waals surface area contributed by atoms with E-state index in [1.807, 2.05) is 35.8 Å². The Hall–Kier alpha value is -4.68. The van der Waals surface area contributed by atoms with Gasteiger partial charge in [-0.25, -0.2) is 4.39 Å². The molecule has 0 spiro atoms. The second-order valence-corrected chi connectivity index (χ2v) is 13.0. The maximum absolute atomic E-state index is 14.3. The molecule has 2 aliphatic heterocycles. The summed E-state index contributed by atoms with van der Waals surface area (Å²) in [6, 6.07) is 10.8. The molecule has 0 unspecified atom stereocenters. The highest BCUT2D eigenvalue weighted by molar-refractivity contribution is 7.15. The Kier molecular flexibility index (Phi) is 9.07. The average Bonchev–Trinajstić information content (AvgIpc) is 3.55. The van der Waals surface area contributed by atoms with Gasteiger partial charge in [0, 0.05) is 59.3 Å². The summed E-state index contributed by atoms with van der Waals surface area (Å²) in [6.07, 6.45) is 2.27. The maximum Gasteiger partial charge on any atom is 0.246 e. The molecule has 0 aliphatic carbocycles. The van der Waals surface area contributed by atoms with Gasteiger partial charge in [-0.2, -0.15) is 0 Å². The number of aryl methyl sites for hydroxylation is 2. The number of nitrogens with zero attached hydrogens (tertiary/aromatic N) is 6. The van der Waals surface area contributed by atoms with Gasteiger partial charge in [-0.05, 0) is 56.7 Å². The van der Waals surface area contributed by atoms with E-state index in [1.54, 1.807) is 21.1 Å². The Morgan fingerprint density at radius 2 is 1.70 bits per heavy atom. The predicted octanol–water partition coefficient (Wildman–Crippen LogP) is 5.45. The second kappa shape index (κ2) is 13.2. The first-order chi connectivity index (χ1) is 22.5. The number of aliphatic imine (C=N–C) groups is 1. The molecule has 1 atom stereocenters. The van der Waals surface area contributed by atoms with Gasteiger partial charge in [-0.1, -0.05) is 23.7 Å². The number of thiophene rings is 1. The third-order valence-corrected chi connectivity index (χ3v) is 9.93. The molecular formula is C34H32ClFN6O4S. The minimum atomic E-state index is -0.730. The number of carbonyl (C=O) groups excluding carboxylic acids is 3. The van der Waals surface area contributed by atoms with Crippen LogP contribution in [0, 0.1) is 26.6 Å². The van der Waals surface area contributed by atoms with Crippen LogP contribution in [0.3, 0.4) is 0 Å². The Morgan fingerprint density at radius 1 is 1.00 bits per heavy atom. The van der Waals surface area contributed by atoms with Crippen molar-refractivity contribution in [3.8, 4) is 10.8 Å². The number of allylic oxidation sites excluding steroid dienone is 1. The number of fused-ring (bicyclic) bond motifs is 3. The number of halogens is 2. The number of amides is 2. The number of methoxy groups -OCH3 is 1. The lowest BCUT2D eigenvalue weighted by atomic mass is 9.99. The molecule has 4 heterocycles. The van der Waals surface area contributed by atoms with E-state index in [9.17, 15) is 18.8 Å². The van der Waals surface area contributed by atoms with Crippen molar-refractivity contribution in [3.63, 3.8) is 0 Å². The molecule has 0 bridgehead atoms. The molecule has 2 aliphatic rings. The number of ether oxygens (including phenoxy) is 1. The van der Waals surface area contributed by atoms with Crippen molar-refractivity contribution in [1.29, 1.82) is 0 Å². The summed E-state index contributed by atoms with van der Waals surface area (Å²) in [4.78, 5) is 48.7. The minimum Gasteiger partial charge on any atom is -0.497 e. The van der Waals surface area contributed by atoms with E-state index < -0.39 is 17.6 Å². The van der Waals surface area contributed by atoms with Crippen LogP contribution in [0.1, 0.15) is 56.0 Å². The fourth-order valence-corrected chi connectivity index (χ4v) is 7.11. The highest BCUT2D eigenvalue weighted by atomic mass is 35.5. The van der Waals surface area contributed by atoms with Crippen molar-refractivity contribution < 1.29 is 23.5 Å². The van der Waals surface area contributed by atoms with Crippen LogP contribution in [-0.4, -0.2) is 81.2 Å². The van der Waals surface area contributed by atoms with Gasteiger partial charge >= 0.3 is 0 Å². The highest BCUT2D eigenvalue weighted by Crippen LogP contribution is 2.39. The average molecular weight is 675 g/mol. The van der Waals surface area contributed by atoms with Gasteiger partial charge < -0.3 is 14.5 Å². The Bertz CT molecular complexity index is 1940. The van der Waals surface area contributed by atoms with Crippen molar-refractivity contribution in [1.82, 2.24) is 24.6 Å². The zero-order valence-electron chi connectivity index (χ0n) is 26.3. The molecule has 13 heteroatoms. The second-order valence-electron chi connectivity index (χ2n) is 11.4. The molecule has 47 heavy (non-hydrogen) atoms. The summed E-state index contributed by atoms with van der Waals surface area (Å²) in [5.41, 5.74) is 3.60. The van der Waals surface area contributed by atoms with Crippen LogP contribution in [0.4, 0.5) is 4.39 Å². The summed E-state index contributed by atoms with van der Waals surface area (Å²) < 4.78 is 21.3. The number of hydrogen-bond donors (Lipinski definition) is 0. The van der Waals surface area contributed by atoms with Crippen molar-refractivity contribution in [3.05, 3.63) is 104 Å². The quantitative estimate of drug-likeness (QED) is 0.191. The molecule has 1 saturated heterocycles. The lowest BCUT2D eigenvalue weighted by Gasteiger charge is -2.34. The van der Waals surface area contributed by atoms with Crippen LogP contribution in [0.25, 0.3) is 5.00 Å². The van der Waals surface area contributed by atoms with E-state index in [4.69, 9.17) is 21.3 Å².